The van der Waals surface area contributed by atoms with Crippen LogP contribution in [-0.4, -0.2) is 29.9 Å². The lowest BCUT2D eigenvalue weighted by Gasteiger charge is -2.39. The van der Waals surface area contributed by atoms with Crippen molar-refractivity contribution in [2.45, 2.75) is 39.4 Å². The van der Waals surface area contributed by atoms with Gasteiger partial charge in [-0.25, -0.2) is 4.79 Å². The first kappa shape index (κ1) is 22.7. The molecule has 8 heteroatoms. The number of hydrogen-bond donors (Lipinski definition) is 2. The lowest BCUT2D eigenvalue weighted by molar-refractivity contribution is -0.137. The van der Waals surface area contributed by atoms with Crippen molar-refractivity contribution in [3.63, 3.8) is 0 Å². The van der Waals surface area contributed by atoms with Gasteiger partial charge < -0.3 is 15.5 Å². The van der Waals surface area contributed by atoms with E-state index >= 15 is 0 Å². The van der Waals surface area contributed by atoms with E-state index in [-0.39, 0.29) is 18.1 Å². The van der Waals surface area contributed by atoms with Gasteiger partial charge in [-0.1, -0.05) is 42.0 Å². The number of aryl methyl sites for hydroxylation is 1. The van der Waals surface area contributed by atoms with Crippen molar-refractivity contribution in [2.24, 2.45) is 5.41 Å². The van der Waals surface area contributed by atoms with Crippen molar-refractivity contribution in [1.82, 2.24) is 10.2 Å². The number of nitrogens with one attached hydrogen (secondary N) is 2. The first-order valence-electron chi connectivity index (χ1n) is 10.1. The lowest BCUT2D eigenvalue weighted by Crippen LogP contribution is -2.52. The van der Waals surface area contributed by atoms with E-state index in [4.69, 9.17) is 0 Å². The van der Waals surface area contributed by atoms with Crippen LogP contribution in [0.1, 0.15) is 36.5 Å². The van der Waals surface area contributed by atoms with Crippen molar-refractivity contribution in [2.75, 3.05) is 18.4 Å². The summed E-state index contributed by atoms with van der Waals surface area (Å²) in [5, 5.41) is 5.28. The molecule has 0 aromatic heterocycles. The summed E-state index contributed by atoms with van der Waals surface area (Å²) in [4.78, 5) is 26.9. The van der Waals surface area contributed by atoms with E-state index < -0.39 is 23.2 Å². The molecule has 0 radical (unpaired) electrons. The predicted octanol–water partition coefficient (Wildman–Crippen LogP) is 4.96. The maximum absolute atomic E-state index is 13.2. The summed E-state index contributed by atoms with van der Waals surface area (Å²) in [5.41, 5.74) is 0.0824. The van der Waals surface area contributed by atoms with Gasteiger partial charge in [0.2, 0.25) is 5.91 Å². The molecule has 1 fully saturated rings. The average Bonchev–Trinajstić information content (AvgIpc) is 2.72. The Kier molecular flexibility index (Phi) is 6.57. The largest absolute Gasteiger partial charge is 0.418 e. The second kappa shape index (κ2) is 8.99. The minimum absolute atomic E-state index is 0.132. The van der Waals surface area contributed by atoms with E-state index in [2.05, 4.69) is 10.6 Å². The Morgan fingerprint density at radius 3 is 2.45 bits per heavy atom. The van der Waals surface area contributed by atoms with Gasteiger partial charge in [0.25, 0.3) is 0 Å². The van der Waals surface area contributed by atoms with Crippen LogP contribution in [0, 0.1) is 12.3 Å². The quantitative estimate of drug-likeness (QED) is 0.716. The summed E-state index contributed by atoms with van der Waals surface area (Å²) in [6, 6.07) is 12.0. The van der Waals surface area contributed by atoms with Gasteiger partial charge in [0.05, 0.1) is 16.7 Å². The number of alkyl halides is 3. The highest BCUT2D eigenvalue weighted by molar-refractivity contribution is 5.91. The standard InChI is InChI=1S/C23H26F3N3O2/c1-16-8-10-17(11-9-16)14-27-20(30)22(2)12-5-13-29(15-22)21(31)28-19-7-4-3-6-18(19)23(24,25)26/h3-4,6-11H,5,12-15H2,1-2H3,(H,27,30)(H,28,31). The summed E-state index contributed by atoms with van der Waals surface area (Å²) in [6.07, 6.45) is -3.39. The van der Waals surface area contributed by atoms with Gasteiger partial charge in [0, 0.05) is 19.6 Å². The fraction of sp³-hybridized carbons (Fsp3) is 0.391. The van der Waals surface area contributed by atoms with Crippen molar-refractivity contribution >= 4 is 17.6 Å². The maximum atomic E-state index is 13.2. The topological polar surface area (TPSA) is 61.4 Å². The van der Waals surface area contributed by atoms with Crippen LogP contribution in [0.4, 0.5) is 23.7 Å². The molecular formula is C23H26F3N3O2. The van der Waals surface area contributed by atoms with Crippen LogP contribution in [0.2, 0.25) is 0 Å². The van der Waals surface area contributed by atoms with Crippen LogP contribution in [0.15, 0.2) is 48.5 Å². The number of hydrogen-bond acceptors (Lipinski definition) is 2. The molecule has 2 N–H and O–H groups in total. The van der Waals surface area contributed by atoms with Gasteiger partial charge >= 0.3 is 12.2 Å². The van der Waals surface area contributed by atoms with Crippen LogP contribution >= 0.6 is 0 Å². The number of halogens is 3. The third-order valence-electron chi connectivity index (χ3n) is 5.58. The third-order valence-corrected chi connectivity index (χ3v) is 5.58. The first-order valence-corrected chi connectivity index (χ1v) is 10.1. The van der Waals surface area contributed by atoms with Crippen LogP contribution in [0.5, 0.6) is 0 Å². The molecule has 5 nitrogen and oxygen atoms in total. The summed E-state index contributed by atoms with van der Waals surface area (Å²) in [7, 11) is 0. The summed E-state index contributed by atoms with van der Waals surface area (Å²) in [5.74, 6) is -0.179. The van der Waals surface area contributed by atoms with Crippen molar-refractivity contribution in [3.05, 3.63) is 65.2 Å². The molecule has 166 valence electrons. The van der Waals surface area contributed by atoms with Crippen molar-refractivity contribution in [3.8, 4) is 0 Å². The number of rotatable bonds is 4. The van der Waals surface area contributed by atoms with E-state index in [9.17, 15) is 22.8 Å². The number of amides is 3. The Balaban J connectivity index is 1.64. The highest BCUT2D eigenvalue weighted by atomic mass is 19.4. The molecular weight excluding hydrogens is 407 g/mol. The number of piperidine rings is 1. The fourth-order valence-corrected chi connectivity index (χ4v) is 3.73. The number of carbonyl (C=O) groups is 2. The normalized spacial score (nSPS) is 19.1. The molecule has 2 aromatic carbocycles. The van der Waals surface area contributed by atoms with Crippen molar-refractivity contribution in [1.29, 1.82) is 0 Å². The molecule has 0 spiro atoms. The Labute approximate surface area is 179 Å². The van der Waals surface area contributed by atoms with Crippen LogP contribution in [-0.2, 0) is 17.5 Å². The molecule has 3 amide bonds. The molecule has 31 heavy (non-hydrogen) atoms. The minimum atomic E-state index is -4.57. The highest BCUT2D eigenvalue weighted by Crippen LogP contribution is 2.35. The summed E-state index contributed by atoms with van der Waals surface area (Å²) in [6.45, 7) is 4.65. The molecule has 3 rings (SSSR count). The Morgan fingerprint density at radius 2 is 1.77 bits per heavy atom. The van der Waals surface area contributed by atoms with E-state index in [0.29, 0.717) is 25.9 Å². The second-order valence-electron chi connectivity index (χ2n) is 8.23. The second-order valence-corrected chi connectivity index (χ2v) is 8.23. The number of likely N-dealkylation sites (tertiary alicyclic amines) is 1. The molecule has 1 unspecified atom stereocenters. The van der Waals surface area contributed by atoms with Gasteiger partial charge in [0.1, 0.15) is 0 Å². The lowest BCUT2D eigenvalue weighted by atomic mass is 9.81. The molecule has 2 aromatic rings. The van der Waals surface area contributed by atoms with Gasteiger partial charge in [-0.05, 0) is 44.4 Å². The Hall–Kier alpha value is -3.03. The first-order chi connectivity index (χ1) is 14.6. The SMILES string of the molecule is Cc1ccc(CNC(=O)C2(C)CCCN(C(=O)Nc3ccccc3C(F)(F)F)C2)cc1. The molecule has 0 saturated carbocycles. The molecule has 1 aliphatic rings. The van der Waals surface area contributed by atoms with E-state index in [0.717, 1.165) is 17.2 Å². The summed E-state index contributed by atoms with van der Waals surface area (Å²) >= 11 is 0. The monoisotopic (exact) mass is 433 g/mol. The van der Waals surface area contributed by atoms with Crippen LogP contribution < -0.4 is 10.6 Å². The summed E-state index contributed by atoms with van der Waals surface area (Å²) < 4.78 is 39.6. The zero-order chi connectivity index (χ0) is 22.6. The molecule has 1 aliphatic heterocycles. The third kappa shape index (κ3) is 5.57. The van der Waals surface area contributed by atoms with E-state index in [1.807, 2.05) is 31.2 Å². The van der Waals surface area contributed by atoms with Gasteiger partial charge in [-0.3, -0.25) is 4.79 Å². The molecule has 0 aliphatic carbocycles. The molecule has 1 atom stereocenters. The van der Waals surface area contributed by atoms with Crippen LogP contribution in [0.25, 0.3) is 0 Å². The number of carbonyl (C=O) groups excluding carboxylic acids is 2. The van der Waals surface area contributed by atoms with E-state index in [1.54, 1.807) is 6.92 Å². The van der Waals surface area contributed by atoms with E-state index in [1.165, 1.54) is 23.1 Å². The number of para-hydroxylation sites is 1. The number of nitrogens with zero attached hydrogens (tertiary/aromatic N) is 1. The molecule has 0 bridgehead atoms. The minimum Gasteiger partial charge on any atom is -0.351 e. The van der Waals surface area contributed by atoms with Gasteiger partial charge in [0.15, 0.2) is 0 Å². The van der Waals surface area contributed by atoms with Gasteiger partial charge in [-0.15, -0.1) is 0 Å². The Morgan fingerprint density at radius 1 is 1.10 bits per heavy atom. The highest BCUT2D eigenvalue weighted by Gasteiger charge is 2.40. The maximum Gasteiger partial charge on any atom is 0.418 e. The zero-order valence-electron chi connectivity index (χ0n) is 17.6. The van der Waals surface area contributed by atoms with Crippen molar-refractivity contribution < 1.29 is 22.8 Å². The molecule has 1 saturated heterocycles. The number of benzene rings is 2. The van der Waals surface area contributed by atoms with Crippen LogP contribution in [0.3, 0.4) is 0 Å². The number of anilines is 1. The fourth-order valence-electron chi connectivity index (χ4n) is 3.73. The molecule has 1 heterocycles. The number of urea groups is 1. The zero-order valence-corrected chi connectivity index (χ0v) is 17.6. The Bertz CT molecular complexity index is 944. The predicted molar refractivity (Wildman–Crippen MR) is 112 cm³/mol. The smallest absolute Gasteiger partial charge is 0.351 e. The van der Waals surface area contributed by atoms with Gasteiger partial charge in [-0.2, -0.15) is 13.2 Å². The average molecular weight is 433 g/mol.